The summed E-state index contributed by atoms with van der Waals surface area (Å²) in [5.74, 6) is -0.188. The standard InChI is InChI=1S/C19H24N2O3S/c1-21(2)13-18(16-7-5-4-6-8-16)20-19(22)17-11-9-15(10-12-17)14-25(3,23)24/h4-12,18H,13-14H2,1-3H3,(H,20,22)/p+1/t18-/m1/s1. The van der Waals surface area contributed by atoms with Crippen molar-refractivity contribution in [2.75, 3.05) is 26.9 Å². The molecule has 0 unspecified atom stereocenters. The molecule has 0 fully saturated rings. The number of carbonyl (C=O) groups excluding carboxylic acids is 1. The van der Waals surface area contributed by atoms with Crippen molar-refractivity contribution in [3.63, 3.8) is 0 Å². The van der Waals surface area contributed by atoms with E-state index in [1.807, 2.05) is 44.4 Å². The number of likely N-dealkylation sites (N-methyl/N-ethyl adjacent to an activating group) is 1. The van der Waals surface area contributed by atoms with Crippen LogP contribution in [0.1, 0.15) is 27.5 Å². The van der Waals surface area contributed by atoms with Gasteiger partial charge in [-0.25, -0.2) is 8.42 Å². The zero-order valence-corrected chi connectivity index (χ0v) is 15.6. The maximum atomic E-state index is 12.6. The third kappa shape index (κ3) is 6.32. The van der Waals surface area contributed by atoms with E-state index in [-0.39, 0.29) is 17.7 Å². The molecule has 0 radical (unpaired) electrons. The van der Waals surface area contributed by atoms with E-state index < -0.39 is 9.84 Å². The van der Waals surface area contributed by atoms with Gasteiger partial charge >= 0.3 is 0 Å². The van der Waals surface area contributed by atoms with E-state index >= 15 is 0 Å². The van der Waals surface area contributed by atoms with Crippen LogP contribution in [0.25, 0.3) is 0 Å². The normalized spacial score (nSPS) is 12.8. The Bertz CT molecular complexity index is 800. The monoisotopic (exact) mass is 361 g/mol. The van der Waals surface area contributed by atoms with Gasteiger partial charge in [-0.15, -0.1) is 0 Å². The highest BCUT2D eigenvalue weighted by Crippen LogP contribution is 2.13. The van der Waals surface area contributed by atoms with Crippen LogP contribution in [0, 0.1) is 0 Å². The molecule has 0 bridgehead atoms. The van der Waals surface area contributed by atoms with Crippen LogP contribution < -0.4 is 10.2 Å². The van der Waals surface area contributed by atoms with Crippen molar-refractivity contribution in [3.8, 4) is 0 Å². The van der Waals surface area contributed by atoms with Gasteiger partial charge in [0.25, 0.3) is 5.91 Å². The summed E-state index contributed by atoms with van der Waals surface area (Å²) < 4.78 is 22.7. The first kappa shape index (κ1) is 19.1. The number of hydrogen-bond donors (Lipinski definition) is 2. The number of sulfone groups is 1. The van der Waals surface area contributed by atoms with Crippen molar-refractivity contribution in [2.24, 2.45) is 0 Å². The Morgan fingerprint density at radius 2 is 1.64 bits per heavy atom. The molecule has 0 aromatic heterocycles. The number of carbonyl (C=O) groups is 1. The minimum atomic E-state index is -3.08. The molecule has 0 aliphatic carbocycles. The Balaban J connectivity index is 2.12. The lowest BCUT2D eigenvalue weighted by atomic mass is 10.1. The number of benzene rings is 2. The van der Waals surface area contributed by atoms with Crippen LogP contribution in [0.3, 0.4) is 0 Å². The summed E-state index contributed by atoms with van der Waals surface area (Å²) in [4.78, 5) is 13.8. The van der Waals surface area contributed by atoms with Gasteiger partial charge in [0.1, 0.15) is 12.6 Å². The van der Waals surface area contributed by atoms with Crippen LogP contribution in [-0.2, 0) is 15.6 Å². The molecule has 0 saturated heterocycles. The van der Waals surface area contributed by atoms with Gasteiger partial charge in [0, 0.05) is 11.8 Å². The lowest BCUT2D eigenvalue weighted by Gasteiger charge is -2.21. The SMILES string of the molecule is C[NH+](C)C[C@@H](NC(=O)c1ccc(CS(C)(=O)=O)cc1)c1ccccc1. The molecule has 2 aromatic carbocycles. The minimum Gasteiger partial charge on any atom is -0.340 e. The summed E-state index contributed by atoms with van der Waals surface area (Å²) in [6, 6.07) is 16.5. The van der Waals surface area contributed by atoms with Gasteiger partial charge in [-0.2, -0.15) is 0 Å². The van der Waals surface area contributed by atoms with E-state index in [4.69, 9.17) is 0 Å². The van der Waals surface area contributed by atoms with Crippen LogP contribution in [0.2, 0.25) is 0 Å². The Morgan fingerprint density at radius 3 is 2.16 bits per heavy atom. The molecule has 25 heavy (non-hydrogen) atoms. The molecule has 0 spiro atoms. The van der Waals surface area contributed by atoms with Crippen LogP contribution in [0.5, 0.6) is 0 Å². The first-order chi connectivity index (χ1) is 11.7. The van der Waals surface area contributed by atoms with Gasteiger partial charge in [0.15, 0.2) is 9.84 Å². The number of rotatable bonds is 7. The second-order valence-electron chi connectivity index (χ2n) is 6.61. The second kappa shape index (κ2) is 8.27. The van der Waals surface area contributed by atoms with Crippen molar-refractivity contribution in [2.45, 2.75) is 11.8 Å². The topological polar surface area (TPSA) is 67.7 Å². The Kier molecular flexibility index (Phi) is 6.33. The molecule has 0 heterocycles. The number of amides is 1. The van der Waals surface area contributed by atoms with E-state index in [0.29, 0.717) is 11.1 Å². The smallest absolute Gasteiger partial charge is 0.251 e. The van der Waals surface area contributed by atoms with Crippen LogP contribution in [-0.4, -0.2) is 41.2 Å². The zero-order chi connectivity index (χ0) is 18.4. The van der Waals surface area contributed by atoms with Crippen molar-refractivity contribution in [1.82, 2.24) is 5.32 Å². The number of quaternary nitrogens is 1. The maximum Gasteiger partial charge on any atom is 0.251 e. The first-order valence-corrected chi connectivity index (χ1v) is 10.2. The van der Waals surface area contributed by atoms with Gasteiger partial charge < -0.3 is 10.2 Å². The lowest BCUT2D eigenvalue weighted by Crippen LogP contribution is -3.06. The molecule has 5 nitrogen and oxygen atoms in total. The maximum absolute atomic E-state index is 12.6. The van der Waals surface area contributed by atoms with E-state index in [1.54, 1.807) is 24.3 Å². The fraction of sp³-hybridized carbons (Fsp3) is 0.316. The highest BCUT2D eigenvalue weighted by atomic mass is 32.2. The summed E-state index contributed by atoms with van der Waals surface area (Å²) in [5, 5.41) is 3.07. The van der Waals surface area contributed by atoms with E-state index in [0.717, 1.165) is 12.1 Å². The molecule has 134 valence electrons. The minimum absolute atomic E-state index is 0.0223. The summed E-state index contributed by atoms with van der Waals surface area (Å²) in [6.45, 7) is 0.766. The lowest BCUT2D eigenvalue weighted by molar-refractivity contribution is -0.860. The average Bonchev–Trinajstić information content (AvgIpc) is 2.54. The first-order valence-electron chi connectivity index (χ1n) is 8.16. The second-order valence-corrected chi connectivity index (χ2v) is 8.76. The van der Waals surface area contributed by atoms with Crippen LogP contribution in [0.15, 0.2) is 54.6 Å². The highest BCUT2D eigenvalue weighted by molar-refractivity contribution is 7.89. The average molecular weight is 361 g/mol. The van der Waals surface area contributed by atoms with Gasteiger partial charge in [-0.05, 0) is 23.3 Å². The molecule has 1 atom stereocenters. The molecular weight excluding hydrogens is 336 g/mol. The fourth-order valence-corrected chi connectivity index (χ4v) is 3.44. The van der Waals surface area contributed by atoms with E-state index in [9.17, 15) is 13.2 Å². The molecule has 2 aromatic rings. The highest BCUT2D eigenvalue weighted by Gasteiger charge is 2.18. The molecule has 0 aliphatic heterocycles. The molecule has 2 N–H and O–H groups in total. The molecule has 6 heteroatoms. The van der Waals surface area contributed by atoms with E-state index in [2.05, 4.69) is 5.32 Å². The zero-order valence-electron chi connectivity index (χ0n) is 14.8. The predicted molar refractivity (Wildman–Crippen MR) is 99.3 cm³/mol. The Morgan fingerprint density at radius 1 is 1.04 bits per heavy atom. The van der Waals surface area contributed by atoms with Gasteiger partial charge in [-0.3, -0.25) is 4.79 Å². The van der Waals surface area contributed by atoms with Gasteiger partial charge in [0.05, 0.1) is 19.8 Å². The molecule has 0 saturated carbocycles. The third-order valence-corrected chi connectivity index (χ3v) is 4.62. The van der Waals surface area contributed by atoms with Crippen LogP contribution in [0.4, 0.5) is 0 Å². The van der Waals surface area contributed by atoms with Crippen molar-refractivity contribution in [3.05, 3.63) is 71.3 Å². The number of hydrogen-bond acceptors (Lipinski definition) is 3. The largest absolute Gasteiger partial charge is 0.340 e. The summed E-state index contributed by atoms with van der Waals surface area (Å²) >= 11 is 0. The quantitative estimate of drug-likeness (QED) is 0.768. The van der Waals surface area contributed by atoms with E-state index in [1.165, 1.54) is 11.2 Å². The van der Waals surface area contributed by atoms with Crippen molar-refractivity contribution < 1.29 is 18.1 Å². The van der Waals surface area contributed by atoms with Gasteiger partial charge in [0.2, 0.25) is 0 Å². The fourth-order valence-electron chi connectivity index (χ4n) is 2.64. The molecule has 2 rings (SSSR count). The summed E-state index contributed by atoms with van der Waals surface area (Å²) in [7, 11) is 1.01. The third-order valence-electron chi connectivity index (χ3n) is 3.76. The molecule has 0 aliphatic rings. The molecule has 1 amide bonds. The van der Waals surface area contributed by atoms with Crippen molar-refractivity contribution >= 4 is 15.7 Å². The molecular formula is C19H25N2O3S+. The number of nitrogens with one attached hydrogen (secondary N) is 2. The Labute approximate surface area is 149 Å². The Hall–Kier alpha value is -2.18. The van der Waals surface area contributed by atoms with Crippen molar-refractivity contribution in [1.29, 1.82) is 0 Å². The summed E-state index contributed by atoms with van der Waals surface area (Å²) in [5.41, 5.74) is 2.26. The van der Waals surface area contributed by atoms with Gasteiger partial charge in [-0.1, -0.05) is 42.5 Å². The van der Waals surface area contributed by atoms with Crippen LogP contribution >= 0.6 is 0 Å². The predicted octanol–water partition coefficient (Wildman–Crippen LogP) is 0.847. The summed E-state index contributed by atoms with van der Waals surface area (Å²) in [6.07, 6.45) is 1.20.